The Morgan fingerprint density at radius 2 is 1.52 bits per heavy atom. The van der Waals surface area contributed by atoms with E-state index in [0.29, 0.717) is 5.69 Å². The Bertz CT molecular complexity index is 1800. The molecular weight excluding hydrogens is 526 g/mol. The first-order valence-corrected chi connectivity index (χ1v) is 12.4. The summed E-state index contributed by atoms with van der Waals surface area (Å²) in [6.07, 6.45) is 0.287. The topological polar surface area (TPSA) is 66.1 Å². The van der Waals surface area contributed by atoms with Crippen LogP contribution in [-0.2, 0) is 35.6 Å². The smallest absolute Gasteiger partial charge is 0.326 e. The maximum atomic E-state index is 14.2. The van der Waals surface area contributed by atoms with E-state index in [9.17, 15) is 27.2 Å². The number of para-hydroxylation sites is 1. The van der Waals surface area contributed by atoms with Crippen molar-refractivity contribution in [3.8, 4) is 0 Å². The number of hydrogen-bond donors (Lipinski definition) is 0. The van der Waals surface area contributed by atoms with Crippen LogP contribution in [0.4, 0.5) is 17.6 Å². The Labute approximate surface area is 226 Å². The number of fused-ring (bicyclic) bond motifs is 1. The molecule has 2 aromatic heterocycles. The zero-order valence-corrected chi connectivity index (χ0v) is 21.3. The van der Waals surface area contributed by atoms with Crippen molar-refractivity contribution in [2.45, 2.75) is 33.0 Å². The van der Waals surface area contributed by atoms with E-state index >= 15 is 0 Å². The fourth-order valence-corrected chi connectivity index (χ4v) is 4.63. The summed E-state index contributed by atoms with van der Waals surface area (Å²) in [5.41, 5.74) is 2.30. The summed E-state index contributed by atoms with van der Waals surface area (Å²) in [4.78, 5) is 25.1. The summed E-state index contributed by atoms with van der Waals surface area (Å²) in [5.74, 6) is -4.76. The van der Waals surface area contributed by atoms with E-state index in [0.717, 1.165) is 39.0 Å². The molecule has 0 radical (unpaired) electrons. The number of benzene rings is 3. The maximum Gasteiger partial charge on any atom is 0.326 e. The van der Waals surface area contributed by atoms with Gasteiger partial charge in [-0.25, -0.2) is 22.2 Å². The number of carbonyl (C=O) groups excluding carboxylic acids is 1. The summed E-state index contributed by atoms with van der Waals surface area (Å²) in [5, 5.41) is 5.23. The van der Waals surface area contributed by atoms with Crippen molar-refractivity contribution in [2.75, 3.05) is 0 Å². The van der Waals surface area contributed by atoms with Crippen LogP contribution in [0.2, 0.25) is 0 Å². The number of carbonyl (C=O) groups is 1. The average Bonchev–Trinajstić information content (AvgIpc) is 3.19. The van der Waals surface area contributed by atoms with E-state index in [4.69, 9.17) is 4.74 Å². The maximum absolute atomic E-state index is 14.2. The number of ether oxygens (including phenoxy) is 1. The Balaban J connectivity index is 1.40. The van der Waals surface area contributed by atoms with Gasteiger partial charge in [-0.05, 0) is 36.8 Å². The van der Waals surface area contributed by atoms with Gasteiger partial charge in [-0.2, -0.15) is 5.10 Å². The van der Waals surface area contributed by atoms with Gasteiger partial charge >= 0.3 is 5.97 Å². The SMILES string of the molecule is Cc1c(Cc2ccc(=O)n(Cc3cccc(F)c3F)n2)c2ccccc2n1CC(=O)OCc1cccc(F)c1F. The standard InChI is InChI=1S/C30H23F4N3O3/c1-18-23(14-21-12-13-27(38)37(35-21)15-19-6-4-9-24(31)29(19)33)22-8-2-3-11-26(22)36(18)16-28(39)40-17-20-7-5-10-25(32)30(20)34/h2-13H,14-17H2,1H3. The summed E-state index contributed by atoms with van der Waals surface area (Å²) in [6, 6.07) is 17.7. The zero-order valence-electron chi connectivity index (χ0n) is 21.3. The Hall–Kier alpha value is -4.73. The number of halogens is 4. The molecule has 6 nitrogen and oxygen atoms in total. The molecule has 10 heteroatoms. The van der Waals surface area contributed by atoms with Crippen molar-refractivity contribution >= 4 is 16.9 Å². The number of hydrogen-bond acceptors (Lipinski definition) is 4. The lowest BCUT2D eigenvalue weighted by atomic mass is 10.1. The molecule has 0 aliphatic heterocycles. The second kappa shape index (κ2) is 11.2. The minimum atomic E-state index is -1.06. The lowest BCUT2D eigenvalue weighted by Gasteiger charge is -2.11. The number of nitrogens with zero attached hydrogens (tertiary/aromatic N) is 3. The van der Waals surface area contributed by atoms with Gasteiger partial charge in [-0.3, -0.25) is 9.59 Å². The number of aromatic nitrogens is 3. The van der Waals surface area contributed by atoms with Crippen LogP contribution in [0.5, 0.6) is 0 Å². The largest absolute Gasteiger partial charge is 0.459 e. The summed E-state index contributed by atoms with van der Waals surface area (Å²) in [7, 11) is 0. The van der Waals surface area contributed by atoms with Crippen LogP contribution in [0, 0.1) is 30.2 Å². The fraction of sp³-hybridized carbons (Fsp3) is 0.167. The third-order valence-electron chi connectivity index (χ3n) is 6.70. The van der Waals surface area contributed by atoms with Crippen LogP contribution in [0.3, 0.4) is 0 Å². The third kappa shape index (κ3) is 5.38. The van der Waals surface area contributed by atoms with Gasteiger partial charge in [0.05, 0.1) is 12.2 Å². The lowest BCUT2D eigenvalue weighted by Crippen LogP contribution is -2.24. The van der Waals surface area contributed by atoms with E-state index in [-0.39, 0.29) is 30.6 Å². The van der Waals surface area contributed by atoms with E-state index < -0.39 is 41.4 Å². The minimum Gasteiger partial charge on any atom is -0.459 e. The Kier molecular flexibility index (Phi) is 7.50. The molecule has 0 unspecified atom stereocenters. The first kappa shape index (κ1) is 26.9. The second-order valence-electron chi connectivity index (χ2n) is 9.25. The highest BCUT2D eigenvalue weighted by molar-refractivity contribution is 5.87. The molecule has 0 saturated carbocycles. The van der Waals surface area contributed by atoms with Crippen LogP contribution in [0.25, 0.3) is 10.9 Å². The number of rotatable bonds is 8. The van der Waals surface area contributed by atoms with Crippen LogP contribution in [-0.4, -0.2) is 20.3 Å². The Morgan fingerprint density at radius 1 is 0.850 bits per heavy atom. The molecule has 2 heterocycles. The molecule has 3 aromatic carbocycles. The van der Waals surface area contributed by atoms with Crippen molar-refractivity contribution in [3.05, 3.63) is 134 Å². The molecule has 0 aliphatic carbocycles. The van der Waals surface area contributed by atoms with Crippen molar-refractivity contribution in [1.29, 1.82) is 0 Å². The van der Waals surface area contributed by atoms with Gasteiger partial charge in [0.15, 0.2) is 23.3 Å². The highest BCUT2D eigenvalue weighted by atomic mass is 19.2. The predicted octanol–water partition coefficient (Wildman–Crippen LogP) is 5.45. The molecule has 0 amide bonds. The average molecular weight is 550 g/mol. The molecule has 0 N–H and O–H groups in total. The molecule has 0 fully saturated rings. The van der Waals surface area contributed by atoms with Crippen LogP contribution >= 0.6 is 0 Å². The van der Waals surface area contributed by atoms with Crippen LogP contribution < -0.4 is 5.56 Å². The first-order chi connectivity index (χ1) is 19.2. The minimum absolute atomic E-state index is 0.00355. The molecule has 40 heavy (non-hydrogen) atoms. The van der Waals surface area contributed by atoms with Crippen molar-refractivity contribution in [3.63, 3.8) is 0 Å². The van der Waals surface area contributed by atoms with Gasteiger partial charge in [0.2, 0.25) is 0 Å². The van der Waals surface area contributed by atoms with Crippen molar-refractivity contribution in [1.82, 2.24) is 14.3 Å². The highest BCUT2D eigenvalue weighted by Crippen LogP contribution is 2.28. The molecule has 0 saturated heterocycles. The van der Waals surface area contributed by atoms with Crippen molar-refractivity contribution in [2.24, 2.45) is 0 Å². The Morgan fingerprint density at radius 3 is 2.27 bits per heavy atom. The zero-order chi connectivity index (χ0) is 28.4. The van der Waals surface area contributed by atoms with Gasteiger partial charge in [0.25, 0.3) is 5.56 Å². The van der Waals surface area contributed by atoms with Gasteiger partial charge in [-0.1, -0.05) is 42.5 Å². The van der Waals surface area contributed by atoms with Crippen LogP contribution in [0.1, 0.15) is 28.1 Å². The molecule has 0 bridgehead atoms. The second-order valence-corrected chi connectivity index (χ2v) is 9.25. The molecule has 0 spiro atoms. The van der Waals surface area contributed by atoms with Gasteiger partial charge < -0.3 is 9.30 Å². The molecule has 0 atom stereocenters. The monoisotopic (exact) mass is 549 g/mol. The molecule has 5 aromatic rings. The van der Waals surface area contributed by atoms with Gasteiger partial charge in [0.1, 0.15) is 13.2 Å². The summed E-state index contributed by atoms with van der Waals surface area (Å²) < 4.78 is 63.3. The highest BCUT2D eigenvalue weighted by Gasteiger charge is 2.19. The predicted molar refractivity (Wildman–Crippen MR) is 140 cm³/mol. The summed E-state index contributed by atoms with van der Waals surface area (Å²) >= 11 is 0. The van der Waals surface area contributed by atoms with E-state index in [2.05, 4.69) is 5.10 Å². The van der Waals surface area contributed by atoms with Crippen molar-refractivity contribution < 1.29 is 27.1 Å². The van der Waals surface area contributed by atoms with E-state index in [1.807, 2.05) is 31.2 Å². The molecule has 204 valence electrons. The molecular formula is C30H23F4N3O3. The fourth-order valence-electron chi connectivity index (χ4n) is 4.63. The van der Waals surface area contributed by atoms with E-state index in [1.165, 1.54) is 30.3 Å². The third-order valence-corrected chi connectivity index (χ3v) is 6.70. The normalized spacial score (nSPS) is 11.2. The molecule has 0 aliphatic rings. The number of esters is 1. The molecule has 5 rings (SSSR count). The van der Waals surface area contributed by atoms with E-state index in [1.54, 1.807) is 10.6 Å². The summed E-state index contributed by atoms with van der Waals surface area (Å²) in [6.45, 7) is 1.00. The van der Waals surface area contributed by atoms with Crippen LogP contribution in [0.15, 0.2) is 77.6 Å². The first-order valence-electron chi connectivity index (χ1n) is 12.4. The lowest BCUT2D eigenvalue weighted by molar-refractivity contribution is -0.145. The quantitative estimate of drug-likeness (QED) is 0.191. The van der Waals surface area contributed by atoms with Gasteiger partial charge in [0, 0.05) is 40.2 Å². The van der Waals surface area contributed by atoms with Gasteiger partial charge in [-0.15, -0.1) is 0 Å².